The highest BCUT2D eigenvalue weighted by molar-refractivity contribution is 6.02. The van der Waals surface area contributed by atoms with Crippen LogP contribution < -0.4 is 5.32 Å². The van der Waals surface area contributed by atoms with E-state index in [-0.39, 0.29) is 5.91 Å². The van der Waals surface area contributed by atoms with Crippen LogP contribution in [0.2, 0.25) is 0 Å². The van der Waals surface area contributed by atoms with E-state index in [2.05, 4.69) is 4.74 Å². The Hall–Kier alpha value is -1.06. The summed E-state index contributed by atoms with van der Waals surface area (Å²) in [5, 5.41) is 2.01. The molecule has 1 aliphatic rings. The molecule has 1 rings (SSSR count). The van der Waals surface area contributed by atoms with Crippen LogP contribution in [-0.4, -0.2) is 17.6 Å². The lowest BCUT2D eigenvalue weighted by molar-refractivity contribution is -0.128. The van der Waals surface area contributed by atoms with Crippen LogP contribution in [0, 0.1) is 0 Å². The minimum atomic E-state index is -0.975. The first-order valence-electron chi connectivity index (χ1n) is 2.57. The molecule has 0 aliphatic carbocycles. The molecular formula is C5H7NO3. The molecule has 0 aromatic carbocycles. The molecule has 0 aromatic heterocycles. The number of nitrogens with one attached hydrogen (secondary N) is 1. The normalized spacial score (nSPS) is 23.3. The Kier molecular flexibility index (Phi) is 0.986. The van der Waals surface area contributed by atoms with Gasteiger partial charge in [0.05, 0.1) is 0 Å². The molecule has 1 heterocycles. The minimum absolute atomic E-state index is 0.382. The fourth-order valence-corrected chi connectivity index (χ4v) is 0.547. The van der Waals surface area contributed by atoms with Gasteiger partial charge in [0.1, 0.15) is 0 Å². The van der Waals surface area contributed by atoms with Gasteiger partial charge in [-0.1, -0.05) is 0 Å². The Morgan fingerprint density at radius 3 is 2.11 bits per heavy atom. The van der Waals surface area contributed by atoms with Crippen molar-refractivity contribution < 1.29 is 14.3 Å². The van der Waals surface area contributed by atoms with Gasteiger partial charge < -0.3 is 4.74 Å². The van der Waals surface area contributed by atoms with E-state index in [1.807, 2.05) is 5.32 Å². The van der Waals surface area contributed by atoms with Crippen LogP contribution in [0.1, 0.15) is 13.8 Å². The number of hydrogen-bond acceptors (Lipinski definition) is 3. The van der Waals surface area contributed by atoms with Gasteiger partial charge >= 0.3 is 6.09 Å². The highest BCUT2D eigenvalue weighted by atomic mass is 16.6. The molecule has 9 heavy (non-hydrogen) atoms. The molecule has 0 bridgehead atoms. The average Bonchev–Trinajstić information content (AvgIpc) is 1.79. The molecule has 0 unspecified atom stereocenters. The molecule has 1 N–H and O–H groups in total. The molecule has 0 atom stereocenters. The van der Waals surface area contributed by atoms with Gasteiger partial charge in [0.15, 0.2) is 5.60 Å². The van der Waals surface area contributed by atoms with Gasteiger partial charge in [-0.05, 0) is 13.8 Å². The molecule has 0 spiro atoms. The van der Waals surface area contributed by atoms with E-state index < -0.39 is 11.7 Å². The molecular weight excluding hydrogens is 126 g/mol. The largest absolute Gasteiger partial charge is 0.433 e. The van der Waals surface area contributed by atoms with Gasteiger partial charge in [0.25, 0.3) is 5.91 Å². The third-order valence-corrected chi connectivity index (χ3v) is 1.11. The summed E-state index contributed by atoms with van der Waals surface area (Å²) in [6.45, 7) is 3.07. The second-order valence-corrected chi connectivity index (χ2v) is 2.35. The number of amides is 2. The zero-order valence-electron chi connectivity index (χ0n) is 5.22. The SMILES string of the molecule is [14CH3]C1([14CH3])OC(=O)NC1=O. The Labute approximate surface area is 52.2 Å². The molecule has 4 nitrogen and oxygen atoms in total. The first kappa shape index (κ1) is 6.07. The van der Waals surface area contributed by atoms with Crippen LogP contribution in [0.3, 0.4) is 0 Å². The lowest BCUT2D eigenvalue weighted by atomic mass is 10.4. The second kappa shape index (κ2) is 1.46. The Morgan fingerprint density at radius 2 is 2.00 bits per heavy atom. The van der Waals surface area contributed by atoms with Gasteiger partial charge in [-0.2, -0.15) is 0 Å². The van der Waals surface area contributed by atoms with Crippen molar-refractivity contribution in [3.63, 3.8) is 0 Å². The highest BCUT2D eigenvalue weighted by Crippen LogP contribution is 2.14. The maximum Gasteiger partial charge on any atom is 0.415 e. The number of alkyl carbamates (subject to hydrolysis) is 1. The summed E-state index contributed by atoms with van der Waals surface area (Å²) in [5.74, 6) is -0.382. The van der Waals surface area contributed by atoms with Gasteiger partial charge in [-0.25, -0.2) is 4.79 Å². The van der Waals surface area contributed by atoms with Crippen LogP contribution in [0.25, 0.3) is 0 Å². The quantitative estimate of drug-likeness (QED) is 0.507. The lowest BCUT2D eigenvalue weighted by Gasteiger charge is -2.09. The van der Waals surface area contributed by atoms with Gasteiger partial charge in [-0.3, -0.25) is 10.1 Å². The predicted molar refractivity (Wildman–Crippen MR) is 28.7 cm³/mol. The number of carbonyl (C=O) groups excluding carboxylic acids is 2. The number of carbonyl (C=O) groups is 2. The summed E-state index contributed by atoms with van der Waals surface area (Å²) in [5.41, 5.74) is -0.975. The van der Waals surface area contributed by atoms with E-state index in [0.29, 0.717) is 0 Å². The summed E-state index contributed by atoms with van der Waals surface area (Å²) in [4.78, 5) is 21.0. The maximum atomic E-state index is 10.6. The first-order chi connectivity index (χ1) is 4.02. The zero-order valence-corrected chi connectivity index (χ0v) is 5.22. The third-order valence-electron chi connectivity index (χ3n) is 1.11. The van der Waals surface area contributed by atoms with E-state index in [9.17, 15) is 9.59 Å². The van der Waals surface area contributed by atoms with Gasteiger partial charge in [-0.15, -0.1) is 0 Å². The van der Waals surface area contributed by atoms with Crippen molar-refractivity contribution >= 4 is 12.0 Å². The molecule has 0 radical (unpaired) electrons. The summed E-state index contributed by atoms with van der Waals surface area (Å²) < 4.78 is 4.56. The topological polar surface area (TPSA) is 55.4 Å². The van der Waals surface area contributed by atoms with Crippen molar-refractivity contribution in [2.45, 2.75) is 19.4 Å². The standard InChI is InChI=1S/C5H7NO3/c1-5(2)3(7)6-4(8)9-5/h1-2H3,(H,6,7,8)/i1+2,2+2. The van der Waals surface area contributed by atoms with Gasteiger partial charge in [0.2, 0.25) is 0 Å². The van der Waals surface area contributed by atoms with Crippen LogP contribution >= 0.6 is 0 Å². The minimum Gasteiger partial charge on any atom is -0.433 e. The molecule has 1 fully saturated rings. The summed E-state index contributed by atoms with van der Waals surface area (Å²) in [6, 6.07) is 0. The summed E-state index contributed by atoms with van der Waals surface area (Å²) in [6.07, 6.45) is -0.662. The summed E-state index contributed by atoms with van der Waals surface area (Å²) in [7, 11) is 0. The zero-order chi connectivity index (χ0) is 7.07. The fourth-order valence-electron chi connectivity index (χ4n) is 0.547. The predicted octanol–water partition coefficient (Wildman–Crippen LogP) is 0.0314. The number of hydrogen-bond donors (Lipinski definition) is 1. The average molecular weight is 133 g/mol. The molecule has 1 saturated heterocycles. The molecule has 4 heteroatoms. The Balaban J connectivity index is 2.81. The van der Waals surface area contributed by atoms with E-state index in [1.54, 1.807) is 0 Å². The van der Waals surface area contributed by atoms with Crippen molar-refractivity contribution in [1.82, 2.24) is 5.32 Å². The van der Waals surface area contributed by atoms with Gasteiger partial charge in [0, 0.05) is 0 Å². The van der Waals surface area contributed by atoms with Crippen molar-refractivity contribution in [2.75, 3.05) is 0 Å². The lowest BCUT2D eigenvalue weighted by Crippen LogP contribution is -2.32. The van der Waals surface area contributed by atoms with Crippen LogP contribution in [-0.2, 0) is 9.53 Å². The van der Waals surface area contributed by atoms with Crippen molar-refractivity contribution in [3.8, 4) is 0 Å². The van der Waals surface area contributed by atoms with Crippen LogP contribution in [0.4, 0.5) is 4.79 Å². The maximum absolute atomic E-state index is 10.6. The molecule has 1 aliphatic heterocycles. The number of ether oxygens (including phenoxy) is 1. The number of cyclic esters (lactones) is 1. The second-order valence-electron chi connectivity index (χ2n) is 2.35. The third kappa shape index (κ3) is 0.872. The van der Waals surface area contributed by atoms with Crippen LogP contribution in [0.5, 0.6) is 0 Å². The van der Waals surface area contributed by atoms with E-state index in [1.165, 1.54) is 13.8 Å². The van der Waals surface area contributed by atoms with Crippen molar-refractivity contribution in [2.24, 2.45) is 0 Å². The van der Waals surface area contributed by atoms with Crippen molar-refractivity contribution in [3.05, 3.63) is 0 Å². The monoisotopic (exact) mass is 133 g/mol. The van der Waals surface area contributed by atoms with E-state index in [0.717, 1.165) is 0 Å². The van der Waals surface area contributed by atoms with Crippen molar-refractivity contribution in [1.29, 1.82) is 0 Å². The first-order valence-corrected chi connectivity index (χ1v) is 2.57. The molecule has 0 aromatic rings. The molecule has 50 valence electrons. The number of imide groups is 1. The summed E-state index contributed by atoms with van der Waals surface area (Å²) >= 11 is 0. The van der Waals surface area contributed by atoms with Crippen LogP contribution in [0.15, 0.2) is 0 Å². The van der Waals surface area contributed by atoms with E-state index >= 15 is 0 Å². The fraction of sp³-hybridized carbons (Fsp3) is 0.600. The smallest absolute Gasteiger partial charge is 0.415 e. The Morgan fingerprint density at radius 1 is 1.44 bits per heavy atom. The van der Waals surface area contributed by atoms with E-state index in [4.69, 9.17) is 0 Å². The number of rotatable bonds is 0. The Bertz CT molecular complexity index is 173. The highest BCUT2D eigenvalue weighted by Gasteiger charge is 2.39. The molecule has 0 saturated carbocycles. The molecule has 2 amide bonds.